The summed E-state index contributed by atoms with van der Waals surface area (Å²) in [7, 11) is 0. The zero-order valence-corrected chi connectivity index (χ0v) is 8.49. The summed E-state index contributed by atoms with van der Waals surface area (Å²) in [5.74, 6) is 1.32. The zero-order chi connectivity index (χ0) is 7.40. The molecule has 6 heteroatoms. The quantitative estimate of drug-likeness (QED) is 0.789. The second-order valence-corrected chi connectivity index (χ2v) is 2.35. The lowest BCUT2D eigenvalue weighted by Crippen LogP contribution is -2.05. The highest BCUT2D eigenvalue weighted by atomic mass is 35.5. The monoisotopic (exact) mass is 212 g/mol. The normalized spacial score (nSPS) is 11.2. The minimum absolute atomic E-state index is 0. The number of nitrogens with one attached hydrogen (secondary N) is 1. The van der Waals surface area contributed by atoms with Gasteiger partial charge in [-0.05, 0) is 13.0 Å². The molecule has 1 heterocycles. The highest BCUT2D eigenvalue weighted by Crippen LogP contribution is 2.11. The molecule has 0 amide bonds. The molecule has 0 saturated heterocycles. The Hall–Kier alpha value is -0.320. The number of hydrogen-bond donors (Lipinski definition) is 2. The molecule has 0 aliphatic rings. The Balaban J connectivity index is 0. The molecule has 0 spiro atoms. The van der Waals surface area contributed by atoms with Gasteiger partial charge in [0, 0.05) is 5.92 Å². The van der Waals surface area contributed by atoms with Crippen molar-refractivity contribution in [1.82, 2.24) is 15.2 Å². The van der Waals surface area contributed by atoms with Crippen LogP contribution < -0.4 is 5.73 Å². The number of halogens is 2. The molecule has 12 heavy (non-hydrogen) atoms. The van der Waals surface area contributed by atoms with Gasteiger partial charge in [-0.25, -0.2) is 4.98 Å². The molecule has 0 saturated carbocycles. The maximum Gasteiger partial charge on any atom is 0.137 e. The maximum atomic E-state index is 5.37. The predicted molar refractivity (Wildman–Crippen MR) is 53.0 cm³/mol. The van der Waals surface area contributed by atoms with Crippen LogP contribution in [0.25, 0.3) is 0 Å². The van der Waals surface area contributed by atoms with Crippen LogP contribution in [0.3, 0.4) is 0 Å². The van der Waals surface area contributed by atoms with E-state index in [4.69, 9.17) is 5.73 Å². The predicted octanol–water partition coefficient (Wildman–Crippen LogP) is 1.10. The van der Waals surface area contributed by atoms with Crippen LogP contribution in [-0.2, 0) is 0 Å². The zero-order valence-electron chi connectivity index (χ0n) is 6.86. The summed E-state index contributed by atoms with van der Waals surface area (Å²) in [5, 5.41) is 6.55. The van der Waals surface area contributed by atoms with Crippen molar-refractivity contribution >= 4 is 24.8 Å². The van der Waals surface area contributed by atoms with Gasteiger partial charge in [0.05, 0.1) is 0 Å². The van der Waals surface area contributed by atoms with Crippen LogP contribution >= 0.6 is 24.8 Å². The van der Waals surface area contributed by atoms with Crippen LogP contribution in [0.1, 0.15) is 25.1 Å². The van der Waals surface area contributed by atoms with Crippen LogP contribution in [0, 0.1) is 0 Å². The molecule has 0 aliphatic heterocycles. The van der Waals surface area contributed by atoms with E-state index in [1.54, 1.807) is 0 Å². The highest BCUT2D eigenvalue weighted by Gasteiger charge is 2.05. The number of aromatic nitrogens is 3. The van der Waals surface area contributed by atoms with Crippen molar-refractivity contribution in [2.75, 3.05) is 6.54 Å². The van der Waals surface area contributed by atoms with Gasteiger partial charge in [-0.1, -0.05) is 6.92 Å². The molecule has 1 atom stereocenters. The van der Waals surface area contributed by atoms with Gasteiger partial charge in [0.25, 0.3) is 0 Å². The summed E-state index contributed by atoms with van der Waals surface area (Å²) >= 11 is 0. The third-order valence-corrected chi connectivity index (χ3v) is 1.50. The average molecular weight is 213 g/mol. The molecule has 4 nitrogen and oxygen atoms in total. The van der Waals surface area contributed by atoms with Crippen LogP contribution in [0.5, 0.6) is 0 Å². The Morgan fingerprint density at radius 2 is 2.25 bits per heavy atom. The second-order valence-electron chi connectivity index (χ2n) is 2.35. The summed E-state index contributed by atoms with van der Waals surface area (Å²) in [6.45, 7) is 2.77. The Morgan fingerprint density at radius 3 is 2.67 bits per heavy atom. The van der Waals surface area contributed by atoms with E-state index in [1.807, 2.05) is 0 Å². The van der Waals surface area contributed by atoms with E-state index in [0.717, 1.165) is 12.2 Å². The topological polar surface area (TPSA) is 67.6 Å². The molecule has 1 aromatic heterocycles. The van der Waals surface area contributed by atoms with Crippen molar-refractivity contribution in [3.8, 4) is 0 Å². The van der Waals surface area contributed by atoms with E-state index in [0.29, 0.717) is 12.5 Å². The second kappa shape index (κ2) is 7.34. The van der Waals surface area contributed by atoms with Gasteiger partial charge in [0.2, 0.25) is 0 Å². The van der Waals surface area contributed by atoms with Crippen molar-refractivity contribution in [2.45, 2.75) is 19.3 Å². The number of nitrogens with two attached hydrogens (primary N) is 1. The standard InChI is InChI=1S/C6H12N4.2ClH/c1-5(2-3-7)6-8-4-9-10-6;;/h4-5H,2-3,7H2,1H3,(H,8,9,10);2*1H. The maximum absolute atomic E-state index is 5.37. The fourth-order valence-electron chi connectivity index (χ4n) is 0.839. The average Bonchev–Trinajstić information content (AvgIpc) is 2.38. The molecule has 3 N–H and O–H groups in total. The van der Waals surface area contributed by atoms with Crippen LogP contribution in [0.15, 0.2) is 6.33 Å². The molecular weight excluding hydrogens is 199 g/mol. The summed E-state index contributed by atoms with van der Waals surface area (Å²) in [4.78, 5) is 4.01. The van der Waals surface area contributed by atoms with Crippen LogP contribution in [0.2, 0.25) is 0 Å². The highest BCUT2D eigenvalue weighted by molar-refractivity contribution is 5.85. The minimum Gasteiger partial charge on any atom is -0.330 e. The Kier molecular flexibility index (Phi) is 8.69. The van der Waals surface area contributed by atoms with E-state index in [9.17, 15) is 0 Å². The molecule has 1 aromatic rings. The number of H-pyrrole nitrogens is 1. The Bertz CT molecular complexity index is 178. The lowest BCUT2D eigenvalue weighted by Gasteiger charge is -2.03. The smallest absolute Gasteiger partial charge is 0.137 e. The first kappa shape index (κ1) is 14.2. The fourth-order valence-corrected chi connectivity index (χ4v) is 0.839. The largest absolute Gasteiger partial charge is 0.330 e. The first-order valence-corrected chi connectivity index (χ1v) is 3.40. The van der Waals surface area contributed by atoms with Crippen LogP contribution in [-0.4, -0.2) is 21.7 Å². The number of nitrogens with zero attached hydrogens (tertiary/aromatic N) is 2. The van der Waals surface area contributed by atoms with Gasteiger partial charge >= 0.3 is 0 Å². The molecular formula is C6H14Cl2N4. The van der Waals surface area contributed by atoms with E-state index < -0.39 is 0 Å². The first-order valence-electron chi connectivity index (χ1n) is 3.40. The van der Waals surface area contributed by atoms with Gasteiger partial charge in [-0.3, -0.25) is 5.10 Å². The van der Waals surface area contributed by atoms with Gasteiger partial charge in [0.15, 0.2) is 0 Å². The SMILES string of the molecule is CC(CCN)c1ncn[nH]1.Cl.Cl. The van der Waals surface area contributed by atoms with E-state index >= 15 is 0 Å². The third-order valence-electron chi connectivity index (χ3n) is 1.50. The third kappa shape index (κ3) is 3.90. The molecule has 1 unspecified atom stereocenters. The Morgan fingerprint density at radius 1 is 1.58 bits per heavy atom. The summed E-state index contributed by atoms with van der Waals surface area (Å²) in [6.07, 6.45) is 2.47. The van der Waals surface area contributed by atoms with Gasteiger partial charge in [-0.15, -0.1) is 24.8 Å². The molecule has 0 bridgehead atoms. The summed E-state index contributed by atoms with van der Waals surface area (Å²) in [5.41, 5.74) is 5.37. The van der Waals surface area contributed by atoms with Crippen molar-refractivity contribution in [1.29, 1.82) is 0 Å². The lowest BCUT2D eigenvalue weighted by atomic mass is 10.1. The van der Waals surface area contributed by atoms with Gasteiger partial charge < -0.3 is 5.73 Å². The molecule has 72 valence electrons. The van der Waals surface area contributed by atoms with E-state index in [1.165, 1.54) is 6.33 Å². The number of aromatic amines is 1. The number of rotatable bonds is 3. The summed E-state index contributed by atoms with van der Waals surface area (Å²) in [6, 6.07) is 0. The number of hydrogen-bond acceptors (Lipinski definition) is 3. The minimum atomic E-state index is 0. The molecule has 0 radical (unpaired) electrons. The lowest BCUT2D eigenvalue weighted by molar-refractivity contribution is 0.650. The van der Waals surface area contributed by atoms with Gasteiger partial charge in [0.1, 0.15) is 12.2 Å². The molecule has 0 aliphatic carbocycles. The molecule has 0 aromatic carbocycles. The van der Waals surface area contributed by atoms with Gasteiger partial charge in [-0.2, -0.15) is 5.10 Å². The first-order chi connectivity index (χ1) is 4.84. The molecule has 0 fully saturated rings. The van der Waals surface area contributed by atoms with Crippen molar-refractivity contribution in [3.63, 3.8) is 0 Å². The van der Waals surface area contributed by atoms with Crippen molar-refractivity contribution in [3.05, 3.63) is 12.2 Å². The molecule has 1 rings (SSSR count). The van der Waals surface area contributed by atoms with E-state index in [2.05, 4.69) is 22.1 Å². The Labute approximate surface area is 84.2 Å². The van der Waals surface area contributed by atoms with Crippen LogP contribution in [0.4, 0.5) is 0 Å². The van der Waals surface area contributed by atoms with E-state index in [-0.39, 0.29) is 24.8 Å². The summed E-state index contributed by atoms with van der Waals surface area (Å²) < 4.78 is 0. The fraction of sp³-hybridized carbons (Fsp3) is 0.667. The van der Waals surface area contributed by atoms with Crippen molar-refractivity contribution in [2.24, 2.45) is 5.73 Å². The van der Waals surface area contributed by atoms with Crippen molar-refractivity contribution < 1.29 is 0 Å².